The molecule has 1 aromatic rings. The van der Waals surface area contributed by atoms with Crippen molar-refractivity contribution < 1.29 is 19.4 Å². The number of pyridine rings is 1. The Labute approximate surface area is 112 Å². The summed E-state index contributed by atoms with van der Waals surface area (Å²) in [5, 5.41) is 9.15. The van der Waals surface area contributed by atoms with Gasteiger partial charge in [0, 0.05) is 18.3 Å². The molecule has 0 aromatic carbocycles. The van der Waals surface area contributed by atoms with Crippen molar-refractivity contribution in [3.05, 3.63) is 30.1 Å². The van der Waals surface area contributed by atoms with Gasteiger partial charge in [0.1, 0.15) is 5.60 Å². The third-order valence-electron chi connectivity index (χ3n) is 2.36. The number of carbonyl (C=O) groups is 2. The summed E-state index contributed by atoms with van der Waals surface area (Å²) in [4.78, 5) is 26.9. The van der Waals surface area contributed by atoms with Crippen molar-refractivity contribution in [1.29, 1.82) is 0 Å². The molecular weight excluding hydrogens is 246 g/mol. The van der Waals surface area contributed by atoms with E-state index in [2.05, 4.69) is 4.98 Å². The van der Waals surface area contributed by atoms with E-state index in [1.807, 2.05) is 0 Å². The normalized spacial score (nSPS) is 12.8. The average molecular weight is 265 g/mol. The van der Waals surface area contributed by atoms with Gasteiger partial charge in [0.05, 0.1) is 12.3 Å². The zero-order valence-corrected chi connectivity index (χ0v) is 11.4. The highest BCUT2D eigenvalue weighted by atomic mass is 16.6. The van der Waals surface area contributed by atoms with Gasteiger partial charge in [-0.3, -0.25) is 14.6 Å². The summed E-state index contributed by atoms with van der Waals surface area (Å²) in [5.74, 6) is -2.34. The minimum atomic E-state index is -1.02. The smallest absolute Gasteiger partial charge is 0.307 e. The highest BCUT2D eigenvalue weighted by Crippen LogP contribution is 2.15. The Kier molecular flexibility index (Phi) is 5.03. The van der Waals surface area contributed by atoms with E-state index in [4.69, 9.17) is 9.84 Å². The summed E-state index contributed by atoms with van der Waals surface area (Å²) in [6.07, 6.45) is 1.67. The number of hydrogen-bond acceptors (Lipinski definition) is 4. The maximum absolute atomic E-state index is 11.7. The van der Waals surface area contributed by atoms with Crippen molar-refractivity contribution in [3.8, 4) is 0 Å². The average Bonchev–Trinajstić information content (AvgIpc) is 2.26. The lowest BCUT2D eigenvalue weighted by Crippen LogP contribution is -2.28. The number of aliphatic carboxylic acids is 1. The SMILES string of the molecule is CC(C)(C)OC(=O)C[C@@H](Cc1ccccn1)C(=O)O. The lowest BCUT2D eigenvalue weighted by molar-refractivity contribution is -0.159. The van der Waals surface area contributed by atoms with Crippen LogP contribution < -0.4 is 0 Å². The van der Waals surface area contributed by atoms with Gasteiger partial charge in [0.2, 0.25) is 0 Å². The van der Waals surface area contributed by atoms with Crippen molar-refractivity contribution in [3.63, 3.8) is 0 Å². The Morgan fingerprint density at radius 2 is 2.05 bits per heavy atom. The van der Waals surface area contributed by atoms with Crippen LogP contribution in [0, 0.1) is 5.92 Å². The topological polar surface area (TPSA) is 76.5 Å². The quantitative estimate of drug-likeness (QED) is 0.824. The second-order valence-electron chi connectivity index (χ2n) is 5.35. The molecule has 0 spiro atoms. The molecule has 0 aliphatic carbocycles. The lowest BCUT2D eigenvalue weighted by Gasteiger charge is -2.20. The molecule has 0 saturated heterocycles. The Morgan fingerprint density at radius 3 is 2.53 bits per heavy atom. The molecule has 0 aliphatic rings. The van der Waals surface area contributed by atoms with E-state index >= 15 is 0 Å². The van der Waals surface area contributed by atoms with E-state index in [1.54, 1.807) is 45.2 Å². The van der Waals surface area contributed by atoms with E-state index in [0.29, 0.717) is 5.69 Å². The standard InChI is InChI=1S/C14H19NO4/c1-14(2,3)19-12(16)9-10(13(17)18)8-11-6-4-5-7-15-11/h4-7,10H,8-9H2,1-3H3,(H,17,18)/t10-/m1/s1. The number of ether oxygens (including phenoxy) is 1. The van der Waals surface area contributed by atoms with E-state index in [0.717, 1.165) is 0 Å². The molecule has 1 heterocycles. The Hall–Kier alpha value is -1.91. The number of carboxylic acid groups (broad SMARTS) is 1. The second-order valence-corrected chi connectivity index (χ2v) is 5.35. The molecule has 0 saturated carbocycles. The van der Waals surface area contributed by atoms with Crippen LogP contribution in [-0.2, 0) is 20.7 Å². The number of nitrogens with zero attached hydrogens (tertiary/aromatic N) is 1. The van der Waals surface area contributed by atoms with Crippen LogP contribution in [0.25, 0.3) is 0 Å². The molecule has 0 unspecified atom stereocenters. The van der Waals surface area contributed by atoms with Gasteiger partial charge in [-0.15, -0.1) is 0 Å². The summed E-state index contributed by atoms with van der Waals surface area (Å²) in [5.41, 5.74) is 0.0453. The number of carbonyl (C=O) groups excluding carboxylic acids is 1. The maximum atomic E-state index is 11.7. The van der Waals surface area contributed by atoms with Gasteiger partial charge in [0.15, 0.2) is 0 Å². The zero-order chi connectivity index (χ0) is 14.5. The third-order valence-corrected chi connectivity index (χ3v) is 2.36. The van der Waals surface area contributed by atoms with Crippen LogP contribution in [0.15, 0.2) is 24.4 Å². The van der Waals surface area contributed by atoms with Crippen LogP contribution in [0.1, 0.15) is 32.9 Å². The first kappa shape index (κ1) is 15.1. The predicted octanol–water partition coefficient (Wildman–Crippen LogP) is 2.06. The van der Waals surface area contributed by atoms with Crippen LogP contribution in [0.5, 0.6) is 0 Å². The van der Waals surface area contributed by atoms with Gasteiger partial charge in [-0.05, 0) is 32.9 Å². The Bertz CT molecular complexity index is 437. The highest BCUT2D eigenvalue weighted by Gasteiger charge is 2.25. The molecule has 5 heteroatoms. The number of esters is 1. The molecule has 0 bridgehead atoms. The maximum Gasteiger partial charge on any atom is 0.307 e. The minimum absolute atomic E-state index is 0.150. The first-order chi connectivity index (χ1) is 8.78. The largest absolute Gasteiger partial charge is 0.481 e. The summed E-state index contributed by atoms with van der Waals surface area (Å²) >= 11 is 0. The number of hydrogen-bond donors (Lipinski definition) is 1. The first-order valence-corrected chi connectivity index (χ1v) is 6.12. The molecule has 0 fully saturated rings. The molecule has 0 amide bonds. The molecule has 1 atom stereocenters. The van der Waals surface area contributed by atoms with Crippen LogP contribution in [0.2, 0.25) is 0 Å². The Balaban J connectivity index is 2.64. The van der Waals surface area contributed by atoms with Gasteiger partial charge >= 0.3 is 11.9 Å². The van der Waals surface area contributed by atoms with E-state index in [9.17, 15) is 9.59 Å². The molecule has 19 heavy (non-hydrogen) atoms. The summed E-state index contributed by atoms with van der Waals surface area (Å²) < 4.78 is 5.13. The van der Waals surface area contributed by atoms with Crippen molar-refractivity contribution in [2.45, 2.75) is 39.2 Å². The molecule has 0 aliphatic heterocycles. The van der Waals surface area contributed by atoms with Gasteiger partial charge in [-0.1, -0.05) is 6.07 Å². The molecule has 1 aromatic heterocycles. The van der Waals surface area contributed by atoms with E-state index in [-0.39, 0.29) is 12.8 Å². The summed E-state index contributed by atoms with van der Waals surface area (Å²) in [7, 11) is 0. The first-order valence-electron chi connectivity index (χ1n) is 6.12. The van der Waals surface area contributed by atoms with Crippen molar-refractivity contribution in [2.75, 3.05) is 0 Å². The van der Waals surface area contributed by atoms with E-state index in [1.165, 1.54) is 0 Å². The number of rotatable bonds is 5. The van der Waals surface area contributed by atoms with Crippen LogP contribution in [-0.4, -0.2) is 27.6 Å². The van der Waals surface area contributed by atoms with Crippen molar-refractivity contribution in [1.82, 2.24) is 4.98 Å². The minimum Gasteiger partial charge on any atom is -0.481 e. The van der Waals surface area contributed by atoms with Crippen molar-refractivity contribution in [2.24, 2.45) is 5.92 Å². The monoisotopic (exact) mass is 265 g/mol. The van der Waals surface area contributed by atoms with Gasteiger partial charge in [-0.25, -0.2) is 0 Å². The zero-order valence-electron chi connectivity index (χ0n) is 11.4. The van der Waals surface area contributed by atoms with E-state index < -0.39 is 23.5 Å². The molecule has 0 radical (unpaired) electrons. The molecule has 5 nitrogen and oxygen atoms in total. The highest BCUT2D eigenvalue weighted by molar-refractivity contribution is 5.79. The van der Waals surface area contributed by atoms with Crippen molar-refractivity contribution >= 4 is 11.9 Å². The summed E-state index contributed by atoms with van der Waals surface area (Å²) in [6.45, 7) is 5.25. The third kappa shape index (κ3) is 5.99. The predicted molar refractivity (Wildman–Crippen MR) is 69.5 cm³/mol. The fourth-order valence-corrected chi connectivity index (χ4v) is 1.60. The second kappa shape index (κ2) is 6.31. The number of aromatic nitrogens is 1. The summed E-state index contributed by atoms with van der Waals surface area (Å²) in [6, 6.07) is 5.28. The van der Waals surface area contributed by atoms with Crippen LogP contribution >= 0.6 is 0 Å². The van der Waals surface area contributed by atoms with Gasteiger partial charge in [0.25, 0.3) is 0 Å². The van der Waals surface area contributed by atoms with Crippen LogP contribution in [0.3, 0.4) is 0 Å². The molecular formula is C14H19NO4. The Morgan fingerprint density at radius 1 is 1.37 bits per heavy atom. The van der Waals surface area contributed by atoms with Crippen LogP contribution in [0.4, 0.5) is 0 Å². The lowest BCUT2D eigenvalue weighted by atomic mass is 9.99. The van der Waals surface area contributed by atoms with Gasteiger partial charge < -0.3 is 9.84 Å². The fourth-order valence-electron chi connectivity index (χ4n) is 1.60. The molecule has 1 rings (SSSR count). The number of carboxylic acids is 1. The molecule has 104 valence electrons. The molecule has 1 N–H and O–H groups in total. The fraction of sp³-hybridized carbons (Fsp3) is 0.500. The van der Waals surface area contributed by atoms with Gasteiger partial charge in [-0.2, -0.15) is 0 Å².